The third-order valence-corrected chi connectivity index (χ3v) is 2.90. The summed E-state index contributed by atoms with van der Waals surface area (Å²) in [6, 6.07) is 0. The van der Waals surface area contributed by atoms with Gasteiger partial charge in [-0.15, -0.1) is 4.48 Å². The molecule has 0 saturated carbocycles. The molecule has 1 unspecified atom stereocenters. The summed E-state index contributed by atoms with van der Waals surface area (Å²) in [5, 5.41) is 0. The monoisotopic (exact) mass is 235 g/mol. The van der Waals surface area contributed by atoms with E-state index >= 15 is 0 Å². The second-order valence-electron chi connectivity index (χ2n) is 1.00. The van der Waals surface area contributed by atoms with Gasteiger partial charge in [-0.25, -0.2) is 0 Å². The molecule has 0 saturated heterocycles. The minimum Gasteiger partial charge on any atom is -0.174 e. The highest BCUT2D eigenvalue weighted by Gasteiger charge is 2.34. The molecule has 0 bridgehead atoms. The van der Waals surface area contributed by atoms with E-state index in [-0.39, 0.29) is 0 Å². The largest absolute Gasteiger partial charge is 0.666 e. The molecule has 11 heavy (non-hydrogen) atoms. The third-order valence-electron chi connectivity index (χ3n) is 0.402. The predicted molar refractivity (Wildman–Crippen MR) is 31.7 cm³/mol. The topological polar surface area (TPSA) is 15.6 Å². The van der Waals surface area contributed by atoms with E-state index in [9.17, 15) is 25.5 Å². The van der Waals surface area contributed by atoms with E-state index in [1.165, 1.54) is 0 Å². The van der Waals surface area contributed by atoms with Crippen LogP contribution in [0.2, 0.25) is 0 Å². The van der Waals surface area contributed by atoms with Gasteiger partial charge in [0.2, 0.25) is 0 Å². The van der Waals surface area contributed by atoms with Crippen molar-refractivity contribution in [2.45, 2.75) is 0 Å². The molecule has 0 aliphatic rings. The van der Waals surface area contributed by atoms with E-state index in [0.717, 1.165) is 0 Å². The van der Waals surface area contributed by atoms with Crippen molar-refractivity contribution < 1.29 is 25.5 Å². The second-order valence-corrected chi connectivity index (χ2v) is 4.08. The molecule has 11 heteroatoms. The molecule has 66 valence electrons. The smallest absolute Gasteiger partial charge is 0.174 e. The Morgan fingerprint density at radius 2 is 1.64 bits per heavy atom. The fraction of sp³-hybridized carbons (Fsp3) is 0. The highest BCUT2D eigenvalue weighted by molar-refractivity contribution is 7.64. The standard InChI is InChI=1S/F6N2P3/c1-8(10(4)5)11(6)7-9(2)3/q+1. The molecule has 0 aromatic carbocycles. The zero-order chi connectivity index (χ0) is 9.02. The van der Waals surface area contributed by atoms with E-state index in [1.807, 2.05) is 4.52 Å². The lowest BCUT2D eigenvalue weighted by Gasteiger charge is -2.03. The lowest BCUT2D eigenvalue weighted by molar-refractivity contribution is 0.248. The van der Waals surface area contributed by atoms with Crippen LogP contribution in [-0.2, 0) is 0 Å². The van der Waals surface area contributed by atoms with Gasteiger partial charge >= 0.3 is 25.6 Å². The lowest BCUT2D eigenvalue weighted by Crippen LogP contribution is -1.87. The first-order chi connectivity index (χ1) is 4.95. The van der Waals surface area contributed by atoms with Crippen LogP contribution in [0.1, 0.15) is 0 Å². The first kappa shape index (κ1) is 11.5. The van der Waals surface area contributed by atoms with Crippen LogP contribution in [0.3, 0.4) is 0 Å². The Kier molecular flexibility index (Phi) is 5.44. The van der Waals surface area contributed by atoms with Crippen molar-refractivity contribution in [3.63, 3.8) is 0 Å². The average molecular weight is 235 g/mol. The highest BCUT2D eigenvalue weighted by atomic mass is 31.3. The second kappa shape index (κ2) is 5.20. The summed E-state index contributed by atoms with van der Waals surface area (Å²) in [6.45, 7) is 0. The maximum atomic E-state index is 11.8. The van der Waals surface area contributed by atoms with Crippen molar-refractivity contribution in [3.8, 4) is 0 Å². The van der Waals surface area contributed by atoms with Gasteiger partial charge < -0.3 is 0 Å². The van der Waals surface area contributed by atoms with E-state index in [0.29, 0.717) is 0 Å². The Labute approximate surface area is 61.2 Å². The number of hydrogen-bond donors (Lipinski definition) is 0. The number of rotatable bonds is 3. The minimum atomic E-state index is -4.33. The normalized spacial score (nSPS) is 13.8. The molecule has 0 N–H and O–H groups in total. The van der Waals surface area contributed by atoms with Crippen LogP contribution in [-0.4, -0.2) is 4.66 Å². The maximum Gasteiger partial charge on any atom is 0.666 e. The van der Waals surface area contributed by atoms with Crippen LogP contribution < -0.4 is 0 Å². The predicted octanol–water partition coefficient (Wildman–Crippen LogP) is 4.97. The first-order valence-electron chi connectivity index (χ1n) is 1.81. The first-order valence-corrected chi connectivity index (χ1v) is 5.10. The quantitative estimate of drug-likeness (QED) is 0.383. The molecule has 0 fully saturated rings. The van der Waals surface area contributed by atoms with Gasteiger partial charge in [-0.1, -0.05) is 0 Å². The van der Waals surface area contributed by atoms with Crippen LogP contribution >= 0.6 is 25.6 Å². The summed E-state index contributed by atoms with van der Waals surface area (Å²) in [5.41, 5.74) is 0. The highest BCUT2D eigenvalue weighted by Crippen LogP contribution is 2.63. The van der Waals surface area contributed by atoms with Crippen LogP contribution in [0.5, 0.6) is 0 Å². The summed E-state index contributed by atoms with van der Waals surface area (Å²) in [6.07, 6.45) is 0. The Morgan fingerprint density at radius 1 is 1.18 bits per heavy atom. The van der Waals surface area contributed by atoms with E-state index < -0.39 is 30.2 Å². The van der Waals surface area contributed by atoms with Crippen molar-refractivity contribution in [1.29, 1.82) is 0 Å². The molecular weight excluding hydrogens is 235 g/mol. The zero-order valence-corrected chi connectivity index (χ0v) is 7.19. The Balaban J connectivity index is 4.03. The lowest BCUT2D eigenvalue weighted by atomic mass is 13.7. The fourth-order valence-corrected chi connectivity index (χ4v) is 1.62. The van der Waals surface area contributed by atoms with Crippen LogP contribution in [0, 0.1) is 0 Å². The summed E-state index contributed by atoms with van der Waals surface area (Å²) >= 11 is 0. The van der Waals surface area contributed by atoms with Gasteiger partial charge in [0.1, 0.15) is 0 Å². The summed E-state index contributed by atoms with van der Waals surface area (Å²) in [4.78, 5) is 0. The molecule has 0 rings (SSSR count). The van der Waals surface area contributed by atoms with Gasteiger partial charge in [0, 0.05) is 9.18 Å². The molecule has 0 heterocycles. The molecule has 0 amide bonds. The van der Waals surface area contributed by atoms with Crippen molar-refractivity contribution in [2.24, 2.45) is 4.52 Å². The molecule has 0 aromatic heterocycles. The van der Waals surface area contributed by atoms with Gasteiger partial charge in [0.15, 0.2) is 0 Å². The van der Waals surface area contributed by atoms with Gasteiger partial charge in [-0.05, 0) is 0 Å². The van der Waals surface area contributed by atoms with Crippen molar-refractivity contribution in [2.75, 3.05) is 0 Å². The van der Waals surface area contributed by atoms with E-state index in [1.54, 1.807) is 0 Å². The van der Waals surface area contributed by atoms with E-state index in [4.69, 9.17) is 0 Å². The Hall–Kier alpha value is 0.500. The molecule has 0 aliphatic carbocycles. The van der Waals surface area contributed by atoms with Crippen molar-refractivity contribution >= 4 is 25.6 Å². The minimum absolute atomic E-state index is 1.57. The molecule has 0 aromatic rings. The summed E-state index contributed by atoms with van der Waals surface area (Å²) in [7, 11) is -12.2. The van der Waals surface area contributed by atoms with Crippen LogP contribution in [0.4, 0.5) is 25.5 Å². The number of hydrogen-bond acceptors (Lipinski definition) is 2. The molecule has 0 radical (unpaired) electrons. The van der Waals surface area contributed by atoms with Gasteiger partial charge in [-0.2, -0.15) is 12.6 Å². The number of halogens is 6. The van der Waals surface area contributed by atoms with Gasteiger partial charge in [-0.3, -0.25) is 0 Å². The maximum absolute atomic E-state index is 11.8. The van der Waals surface area contributed by atoms with Crippen LogP contribution in [0.15, 0.2) is 4.52 Å². The van der Waals surface area contributed by atoms with Gasteiger partial charge in [0.25, 0.3) is 0 Å². The van der Waals surface area contributed by atoms with Crippen molar-refractivity contribution in [1.82, 2.24) is 4.66 Å². The Morgan fingerprint density at radius 3 is 1.91 bits per heavy atom. The summed E-state index contributed by atoms with van der Waals surface area (Å²) in [5.74, 6) is 0. The molecule has 1 atom stereocenters. The van der Waals surface area contributed by atoms with Gasteiger partial charge in [0.05, 0.1) is 8.39 Å². The molecular formula is F6N2P3+. The third kappa shape index (κ3) is 4.86. The number of nitrogens with zero attached hydrogens (tertiary/aromatic N) is 2. The SMILES string of the molecule is FN(P(F)F)P(F)N=[P+](F)F. The molecule has 0 spiro atoms. The average Bonchev–Trinajstić information content (AvgIpc) is 1.84. The Bertz CT molecular complexity index is 143. The van der Waals surface area contributed by atoms with E-state index in [2.05, 4.69) is 0 Å². The fourth-order valence-electron chi connectivity index (χ4n) is 0.145. The summed E-state index contributed by atoms with van der Waals surface area (Å²) < 4.78 is 68.4. The molecule has 2 nitrogen and oxygen atoms in total. The molecule has 0 aliphatic heterocycles. The zero-order valence-electron chi connectivity index (χ0n) is 4.50. The van der Waals surface area contributed by atoms with Crippen molar-refractivity contribution in [3.05, 3.63) is 0 Å². The van der Waals surface area contributed by atoms with Crippen LogP contribution in [0.25, 0.3) is 0 Å².